The molecule has 162 valence electrons. The highest BCUT2D eigenvalue weighted by Gasteiger charge is 2.40. The van der Waals surface area contributed by atoms with E-state index in [0.29, 0.717) is 36.8 Å². The molecule has 4 rings (SSSR count). The van der Waals surface area contributed by atoms with Crippen molar-refractivity contribution in [2.45, 2.75) is 51.9 Å². The first kappa shape index (κ1) is 21.1. The fourth-order valence-electron chi connectivity index (χ4n) is 4.07. The summed E-state index contributed by atoms with van der Waals surface area (Å²) in [5, 5.41) is 2.32. The van der Waals surface area contributed by atoms with E-state index >= 15 is 0 Å². The third kappa shape index (κ3) is 4.18. The molecular formula is C24H27N3O4. The fraction of sp³-hybridized carbons (Fsp3) is 0.375. The van der Waals surface area contributed by atoms with Crippen LogP contribution in [0.15, 0.2) is 42.5 Å². The van der Waals surface area contributed by atoms with E-state index in [9.17, 15) is 14.4 Å². The quantitative estimate of drug-likeness (QED) is 0.699. The van der Waals surface area contributed by atoms with Gasteiger partial charge in [-0.05, 0) is 35.6 Å². The molecule has 2 atom stereocenters. The van der Waals surface area contributed by atoms with E-state index < -0.39 is 11.9 Å². The lowest BCUT2D eigenvalue weighted by molar-refractivity contribution is -0.136. The van der Waals surface area contributed by atoms with E-state index in [0.717, 1.165) is 16.7 Å². The van der Waals surface area contributed by atoms with Crippen LogP contribution in [-0.2, 0) is 22.7 Å². The second-order valence-corrected chi connectivity index (χ2v) is 8.48. The predicted molar refractivity (Wildman–Crippen MR) is 115 cm³/mol. The Kier molecular flexibility index (Phi) is 5.78. The summed E-state index contributed by atoms with van der Waals surface area (Å²) in [6.07, 6.45) is 0.571. The number of nitrogens with two attached hydrogens (primary N) is 1. The lowest BCUT2D eigenvalue weighted by Crippen LogP contribution is -2.52. The Hall–Kier alpha value is -3.19. The molecule has 3 N–H and O–H groups in total. The first-order valence-corrected chi connectivity index (χ1v) is 10.6. The van der Waals surface area contributed by atoms with E-state index in [2.05, 4.69) is 19.2 Å². The molecule has 2 heterocycles. The van der Waals surface area contributed by atoms with Crippen LogP contribution in [0.25, 0.3) is 0 Å². The molecule has 0 saturated carbocycles. The van der Waals surface area contributed by atoms with Gasteiger partial charge < -0.3 is 15.4 Å². The molecule has 0 radical (unpaired) electrons. The fourth-order valence-corrected chi connectivity index (χ4v) is 4.07. The molecule has 0 aromatic heterocycles. The summed E-state index contributed by atoms with van der Waals surface area (Å²) in [5.41, 5.74) is 9.61. The number of amides is 3. The van der Waals surface area contributed by atoms with Crippen LogP contribution in [0.5, 0.6) is 5.75 Å². The monoisotopic (exact) mass is 421 g/mol. The molecule has 2 aliphatic heterocycles. The number of piperidine rings is 1. The smallest absolute Gasteiger partial charge is 0.255 e. The molecule has 0 spiro atoms. The highest BCUT2D eigenvalue weighted by atomic mass is 16.5. The number of carbonyl (C=O) groups is 3. The maximum atomic E-state index is 12.9. The molecule has 1 saturated heterocycles. The predicted octanol–water partition coefficient (Wildman–Crippen LogP) is 2.68. The molecule has 0 bridgehead atoms. The number of carbonyl (C=O) groups excluding carboxylic acids is 3. The van der Waals surface area contributed by atoms with E-state index in [1.54, 1.807) is 12.1 Å². The molecule has 2 aliphatic rings. The van der Waals surface area contributed by atoms with Crippen molar-refractivity contribution < 1.29 is 19.1 Å². The number of ether oxygens (including phenoxy) is 1. The summed E-state index contributed by atoms with van der Waals surface area (Å²) in [5.74, 6) is 0.0683. The highest BCUT2D eigenvalue weighted by Crippen LogP contribution is 2.34. The van der Waals surface area contributed by atoms with E-state index in [-0.39, 0.29) is 24.3 Å². The Balaban J connectivity index is 1.46. The largest absolute Gasteiger partial charge is 0.489 e. The Morgan fingerprint density at radius 1 is 1.13 bits per heavy atom. The van der Waals surface area contributed by atoms with Crippen LogP contribution in [0.3, 0.4) is 0 Å². The van der Waals surface area contributed by atoms with Gasteiger partial charge in [0.2, 0.25) is 11.8 Å². The Morgan fingerprint density at radius 3 is 2.55 bits per heavy atom. The third-order valence-electron chi connectivity index (χ3n) is 6.02. The average molecular weight is 421 g/mol. The number of rotatable bonds is 6. The third-order valence-corrected chi connectivity index (χ3v) is 6.02. The number of benzene rings is 2. The highest BCUT2D eigenvalue weighted by molar-refractivity contribution is 6.05. The summed E-state index contributed by atoms with van der Waals surface area (Å²) < 4.78 is 6.05. The van der Waals surface area contributed by atoms with Crippen molar-refractivity contribution in [1.82, 2.24) is 10.2 Å². The molecule has 2 aromatic rings. The van der Waals surface area contributed by atoms with Gasteiger partial charge in [-0.15, -0.1) is 0 Å². The first-order chi connectivity index (χ1) is 14.8. The van der Waals surface area contributed by atoms with Crippen LogP contribution >= 0.6 is 0 Å². The zero-order valence-electron chi connectivity index (χ0n) is 17.8. The van der Waals surface area contributed by atoms with Gasteiger partial charge in [0.25, 0.3) is 5.91 Å². The van der Waals surface area contributed by atoms with Crippen LogP contribution in [0, 0.1) is 5.92 Å². The van der Waals surface area contributed by atoms with Crippen molar-refractivity contribution in [3.05, 3.63) is 64.7 Å². The molecule has 1 fully saturated rings. The van der Waals surface area contributed by atoms with Crippen molar-refractivity contribution in [3.63, 3.8) is 0 Å². The molecule has 3 amide bonds. The topological polar surface area (TPSA) is 102 Å². The van der Waals surface area contributed by atoms with E-state index in [1.807, 2.05) is 30.3 Å². The lowest BCUT2D eigenvalue weighted by atomic mass is 9.96. The number of imide groups is 1. The second-order valence-electron chi connectivity index (χ2n) is 8.48. The molecule has 2 aromatic carbocycles. The minimum atomic E-state index is -0.636. The van der Waals surface area contributed by atoms with Gasteiger partial charge in [0.05, 0.1) is 6.54 Å². The zero-order valence-corrected chi connectivity index (χ0v) is 17.8. The second kappa shape index (κ2) is 8.51. The molecule has 7 heteroatoms. The maximum Gasteiger partial charge on any atom is 0.255 e. The number of hydrogen-bond acceptors (Lipinski definition) is 5. The van der Waals surface area contributed by atoms with Gasteiger partial charge in [-0.3, -0.25) is 19.7 Å². The molecule has 0 aliphatic carbocycles. The van der Waals surface area contributed by atoms with Crippen LogP contribution in [0.2, 0.25) is 0 Å². The maximum absolute atomic E-state index is 12.9. The van der Waals surface area contributed by atoms with Crippen molar-refractivity contribution in [2.75, 3.05) is 0 Å². The Morgan fingerprint density at radius 2 is 1.87 bits per heavy atom. The number of fused-ring (bicyclic) bond motifs is 1. The number of nitrogens with zero attached hydrogens (tertiary/aromatic N) is 1. The van der Waals surface area contributed by atoms with E-state index in [1.165, 1.54) is 4.90 Å². The minimum Gasteiger partial charge on any atom is -0.489 e. The molecular weight excluding hydrogens is 394 g/mol. The van der Waals surface area contributed by atoms with Crippen molar-refractivity contribution in [2.24, 2.45) is 11.7 Å². The SMILES string of the molecule is CC(C)C(N)c1ccc(COc2cccc3c2CN(C2CCC(=O)NC2=O)C3=O)cc1. The summed E-state index contributed by atoms with van der Waals surface area (Å²) in [6, 6.07) is 12.8. The summed E-state index contributed by atoms with van der Waals surface area (Å²) in [7, 11) is 0. The lowest BCUT2D eigenvalue weighted by Gasteiger charge is -2.29. The van der Waals surface area contributed by atoms with Gasteiger partial charge in [0.15, 0.2) is 0 Å². The normalized spacial score (nSPS) is 19.4. The first-order valence-electron chi connectivity index (χ1n) is 10.6. The molecule has 7 nitrogen and oxygen atoms in total. The molecule has 2 unspecified atom stereocenters. The number of nitrogens with one attached hydrogen (secondary N) is 1. The average Bonchev–Trinajstić information content (AvgIpc) is 3.09. The summed E-state index contributed by atoms with van der Waals surface area (Å²) >= 11 is 0. The Bertz CT molecular complexity index is 1020. The minimum absolute atomic E-state index is 0.00311. The van der Waals surface area contributed by atoms with Crippen molar-refractivity contribution in [3.8, 4) is 5.75 Å². The van der Waals surface area contributed by atoms with Crippen LogP contribution < -0.4 is 15.8 Å². The van der Waals surface area contributed by atoms with E-state index in [4.69, 9.17) is 10.5 Å². The Labute approximate surface area is 181 Å². The van der Waals surface area contributed by atoms with Gasteiger partial charge >= 0.3 is 0 Å². The van der Waals surface area contributed by atoms with Crippen LogP contribution in [0.4, 0.5) is 0 Å². The van der Waals surface area contributed by atoms with Crippen LogP contribution in [0.1, 0.15) is 59.8 Å². The van der Waals surface area contributed by atoms with Crippen LogP contribution in [-0.4, -0.2) is 28.7 Å². The van der Waals surface area contributed by atoms with Gasteiger partial charge in [-0.1, -0.05) is 44.2 Å². The van der Waals surface area contributed by atoms with Crippen molar-refractivity contribution >= 4 is 17.7 Å². The van der Waals surface area contributed by atoms with Crippen molar-refractivity contribution in [1.29, 1.82) is 0 Å². The van der Waals surface area contributed by atoms with Gasteiger partial charge in [-0.25, -0.2) is 0 Å². The zero-order chi connectivity index (χ0) is 22.1. The van der Waals surface area contributed by atoms with Gasteiger partial charge in [-0.2, -0.15) is 0 Å². The number of hydrogen-bond donors (Lipinski definition) is 2. The van der Waals surface area contributed by atoms with Gasteiger partial charge in [0, 0.05) is 23.6 Å². The molecule has 31 heavy (non-hydrogen) atoms. The van der Waals surface area contributed by atoms with Gasteiger partial charge in [0.1, 0.15) is 18.4 Å². The summed E-state index contributed by atoms with van der Waals surface area (Å²) in [4.78, 5) is 38.1. The standard InChI is InChI=1S/C24H27N3O4/c1-14(2)22(25)16-8-6-15(7-9-16)13-31-20-5-3-4-17-18(20)12-27(24(17)30)19-10-11-21(28)26-23(19)29/h3-9,14,19,22H,10-13,25H2,1-2H3,(H,26,28,29). The summed E-state index contributed by atoms with van der Waals surface area (Å²) in [6.45, 7) is 4.84.